The lowest BCUT2D eigenvalue weighted by molar-refractivity contribution is -0.119. The predicted octanol–water partition coefficient (Wildman–Crippen LogP) is 4.31. The van der Waals surface area contributed by atoms with E-state index in [1.54, 1.807) is 14.2 Å². The van der Waals surface area contributed by atoms with Crippen molar-refractivity contribution in [2.24, 2.45) is 5.92 Å². The van der Waals surface area contributed by atoms with Crippen molar-refractivity contribution in [2.75, 3.05) is 19.5 Å². The Kier molecular flexibility index (Phi) is 5.16. The monoisotopic (exact) mass is 352 g/mol. The Hall–Kier alpha value is -2.95. The van der Waals surface area contributed by atoms with E-state index < -0.39 is 0 Å². The minimum atomic E-state index is -0.170. The number of aryl methyl sites for hydroxylation is 1. The van der Waals surface area contributed by atoms with Crippen molar-refractivity contribution in [3.8, 4) is 11.5 Å². The van der Waals surface area contributed by atoms with Crippen molar-refractivity contribution >= 4 is 22.5 Å². The van der Waals surface area contributed by atoms with E-state index in [0.29, 0.717) is 17.9 Å². The molecule has 2 aromatic carbocycles. The van der Waals surface area contributed by atoms with Gasteiger partial charge < -0.3 is 19.8 Å². The molecule has 0 saturated carbocycles. The molecule has 1 amide bonds. The first-order valence-electron chi connectivity index (χ1n) is 8.61. The lowest BCUT2D eigenvalue weighted by Gasteiger charge is -2.14. The number of hydrogen-bond acceptors (Lipinski definition) is 3. The van der Waals surface area contributed by atoms with Crippen LogP contribution in [0.15, 0.2) is 42.5 Å². The maximum absolute atomic E-state index is 12.6. The average Bonchev–Trinajstić information content (AvgIpc) is 3.00. The van der Waals surface area contributed by atoms with Crippen molar-refractivity contribution in [3.05, 3.63) is 53.7 Å². The van der Waals surface area contributed by atoms with Crippen LogP contribution in [0.4, 0.5) is 5.69 Å². The number of aromatic amines is 1. The lowest BCUT2D eigenvalue weighted by Crippen LogP contribution is -2.22. The smallest absolute Gasteiger partial charge is 0.227 e. The quantitative estimate of drug-likeness (QED) is 0.695. The number of rotatable bonds is 6. The highest BCUT2D eigenvalue weighted by Crippen LogP contribution is 2.28. The molecule has 0 radical (unpaired) electrons. The molecule has 3 rings (SSSR count). The van der Waals surface area contributed by atoms with Gasteiger partial charge in [0.1, 0.15) is 0 Å². The second kappa shape index (κ2) is 7.52. The molecule has 0 spiro atoms. The summed E-state index contributed by atoms with van der Waals surface area (Å²) in [5.41, 5.74) is 4.01. The van der Waals surface area contributed by atoms with E-state index in [1.165, 1.54) is 0 Å². The van der Waals surface area contributed by atoms with Crippen molar-refractivity contribution in [2.45, 2.75) is 20.3 Å². The molecular weight excluding hydrogens is 328 g/mol. The van der Waals surface area contributed by atoms with Gasteiger partial charge in [-0.05, 0) is 55.3 Å². The highest BCUT2D eigenvalue weighted by molar-refractivity contribution is 5.95. The first-order chi connectivity index (χ1) is 12.5. The summed E-state index contributed by atoms with van der Waals surface area (Å²) in [6, 6.07) is 13.7. The minimum absolute atomic E-state index is 0.00797. The molecule has 0 fully saturated rings. The number of carbonyl (C=O) groups excluding carboxylic acids is 1. The number of ether oxygens (including phenoxy) is 2. The van der Waals surface area contributed by atoms with Crippen LogP contribution in [0.1, 0.15) is 18.2 Å². The molecular formula is C21H24N2O3. The Morgan fingerprint density at radius 1 is 1.08 bits per heavy atom. The zero-order chi connectivity index (χ0) is 18.7. The van der Waals surface area contributed by atoms with Crippen LogP contribution in [0.25, 0.3) is 10.9 Å². The van der Waals surface area contributed by atoms with Crippen LogP contribution in [-0.2, 0) is 11.2 Å². The van der Waals surface area contributed by atoms with E-state index in [-0.39, 0.29) is 11.8 Å². The van der Waals surface area contributed by atoms with Gasteiger partial charge in [-0.3, -0.25) is 4.79 Å². The number of hydrogen-bond donors (Lipinski definition) is 2. The van der Waals surface area contributed by atoms with Gasteiger partial charge >= 0.3 is 0 Å². The van der Waals surface area contributed by atoms with E-state index in [9.17, 15) is 4.79 Å². The summed E-state index contributed by atoms with van der Waals surface area (Å²) in [6.45, 7) is 3.94. The third-order valence-electron chi connectivity index (χ3n) is 4.46. The molecule has 3 aromatic rings. The molecule has 1 atom stereocenters. The van der Waals surface area contributed by atoms with E-state index in [1.807, 2.05) is 50.2 Å². The molecule has 5 heteroatoms. The van der Waals surface area contributed by atoms with Gasteiger partial charge in [-0.25, -0.2) is 0 Å². The Morgan fingerprint density at radius 3 is 2.58 bits per heavy atom. The molecule has 1 aromatic heterocycles. The van der Waals surface area contributed by atoms with E-state index in [2.05, 4.69) is 16.4 Å². The van der Waals surface area contributed by atoms with Gasteiger partial charge in [0, 0.05) is 28.2 Å². The molecule has 0 aliphatic heterocycles. The number of H-pyrrole nitrogens is 1. The van der Waals surface area contributed by atoms with Gasteiger partial charge in [-0.1, -0.05) is 13.0 Å². The lowest BCUT2D eigenvalue weighted by atomic mass is 10.00. The molecule has 0 bridgehead atoms. The normalized spacial score (nSPS) is 12.0. The van der Waals surface area contributed by atoms with E-state index in [0.717, 1.165) is 27.8 Å². The van der Waals surface area contributed by atoms with Gasteiger partial charge in [0.05, 0.1) is 14.2 Å². The molecule has 2 N–H and O–H groups in total. The van der Waals surface area contributed by atoms with Gasteiger partial charge in [0.15, 0.2) is 11.5 Å². The molecule has 0 aliphatic carbocycles. The minimum Gasteiger partial charge on any atom is -0.493 e. The standard InChI is InChI=1S/C21H24N2O3/c1-13(9-15-5-8-19(25-3)20(11-15)26-4)21(24)23-17-6-7-18-16(12-17)10-14(2)22-18/h5-8,10-13,22H,9H2,1-4H3,(H,23,24). The number of anilines is 1. The van der Waals surface area contributed by atoms with Crippen molar-refractivity contribution in [1.82, 2.24) is 4.98 Å². The highest BCUT2D eigenvalue weighted by Gasteiger charge is 2.15. The van der Waals surface area contributed by atoms with Crippen LogP contribution < -0.4 is 14.8 Å². The van der Waals surface area contributed by atoms with Gasteiger partial charge in [-0.2, -0.15) is 0 Å². The maximum atomic E-state index is 12.6. The number of benzene rings is 2. The summed E-state index contributed by atoms with van der Waals surface area (Å²) in [4.78, 5) is 15.8. The van der Waals surface area contributed by atoms with Gasteiger partial charge in [0.25, 0.3) is 0 Å². The summed E-state index contributed by atoms with van der Waals surface area (Å²) in [5, 5.41) is 4.10. The van der Waals surface area contributed by atoms with Gasteiger partial charge in [0.2, 0.25) is 5.91 Å². The molecule has 0 aliphatic rings. The number of fused-ring (bicyclic) bond motifs is 1. The summed E-state index contributed by atoms with van der Waals surface area (Å²) in [7, 11) is 3.22. The Labute approximate surface area is 153 Å². The highest BCUT2D eigenvalue weighted by atomic mass is 16.5. The zero-order valence-electron chi connectivity index (χ0n) is 15.6. The molecule has 1 heterocycles. The van der Waals surface area contributed by atoms with Crippen LogP contribution >= 0.6 is 0 Å². The topological polar surface area (TPSA) is 63.3 Å². The zero-order valence-corrected chi connectivity index (χ0v) is 15.6. The Morgan fingerprint density at radius 2 is 1.85 bits per heavy atom. The van der Waals surface area contributed by atoms with Crippen molar-refractivity contribution < 1.29 is 14.3 Å². The number of aromatic nitrogens is 1. The van der Waals surface area contributed by atoms with Crippen molar-refractivity contribution in [3.63, 3.8) is 0 Å². The first kappa shape index (κ1) is 17.9. The summed E-state index contributed by atoms with van der Waals surface area (Å²) in [6.07, 6.45) is 0.623. The fourth-order valence-electron chi connectivity index (χ4n) is 3.07. The first-order valence-corrected chi connectivity index (χ1v) is 8.61. The predicted molar refractivity (Wildman–Crippen MR) is 104 cm³/mol. The molecule has 0 saturated heterocycles. The number of methoxy groups -OCH3 is 2. The summed E-state index contributed by atoms with van der Waals surface area (Å²) < 4.78 is 10.6. The number of nitrogens with one attached hydrogen (secondary N) is 2. The molecule has 136 valence electrons. The maximum Gasteiger partial charge on any atom is 0.227 e. The van der Waals surface area contributed by atoms with E-state index >= 15 is 0 Å². The van der Waals surface area contributed by atoms with Crippen LogP contribution in [0.5, 0.6) is 11.5 Å². The largest absolute Gasteiger partial charge is 0.493 e. The second-order valence-corrected chi connectivity index (χ2v) is 6.54. The fourth-order valence-corrected chi connectivity index (χ4v) is 3.07. The molecule has 26 heavy (non-hydrogen) atoms. The number of carbonyl (C=O) groups is 1. The second-order valence-electron chi connectivity index (χ2n) is 6.54. The van der Waals surface area contributed by atoms with Crippen LogP contribution in [-0.4, -0.2) is 25.1 Å². The Bertz CT molecular complexity index is 930. The number of amides is 1. The van der Waals surface area contributed by atoms with Crippen LogP contribution in [0.3, 0.4) is 0 Å². The van der Waals surface area contributed by atoms with Crippen LogP contribution in [0.2, 0.25) is 0 Å². The van der Waals surface area contributed by atoms with E-state index in [4.69, 9.17) is 9.47 Å². The SMILES string of the molecule is COc1ccc(CC(C)C(=O)Nc2ccc3[nH]c(C)cc3c2)cc1OC. The fraction of sp³-hybridized carbons (Fsp3) is 0.286. The third kappa shape index (κ3) is 3.82. The van der Waals surface area contributed by atoms with Gasteiger partial charge in [-0.15, -0.1) is 0 Å². The average molecular weight is 352 g/mol. The molecule has 1 unspecified atom stereocenters. The Balaban J connectivity index is 1.68. The van der Waals surface area contributed by atoms with Crippen molar-refractivity contribution in [1.29, 1.82) is 0 Å². The molecule has 5 nitrogen and oxygen atoms in total. The summed E-state index contributed by atoms with van der Waals surface area (Å²) >= 11 is 0. The summed E-state index contributed by atoms with van der Waals surface area (Å²) in [5.74, 6) is 1.18. The third-order valence-corrected chi connectivity index (χ3v) is 4.46. The van der Waals surface area contributed by atoms with Crippen LogP contribution in [0, 0.1) is 12.8 Å².